The van der Waals surface area contributed by atoms with Crippen molar-refractivity contribution >= 4 is 62.6 Å². The van der Waals surface area contributed by atoms with Gasteiger partial charge >= 0.3 is 11.9 Å². The van der Waals surface area contributed by atoms with E-state index in [2.05, 4.69) is 4.99 Å². The standard InChI is InChI=1S/C27H17ClN2O7S/c1-2-35-21-14-15(7-12-20(21)36-26(31)16-8-10-17(11-9-16)30(33)34)13-19-27(32)37-25(29-19)24-23(28)18-5-3-4-6-22(18)38-24/h3-14H,2H2,1H3/b19-13+. The fraction of sp³-hybridized carbons (Fsp3) is 0.0741. The molecule has 0 saturated carbocycles. The molecule has 3 aromatic carbocycles. The minimum absolute atomic E-state index is 0.0756. The number of aliphatic imine (C=N–C) groups is 1. The minimum atomic E-state index is -0.708. The molecule has 1 aromatic heterocycles. The van der Waals surface area contributed by atoms with Crippen LogP contribution in [0.1, 0.15) is 27.7 Å². The Kier molecular flexibility index (Phi) is 6.91. The maximum absolute atomic E-state index is 12.6. The van der Waals surface area contributed by atoms with Crippen LogP contribution >= 0.6 is 22.9 Å². The molecule has 0 radical (unpaired) electrons. The fourth-order valence-electron chi connectivity index (χ4n) is 3.66. The van der Waals surface area contributed by atoms with Crippen molar-refractivity contribution in [3.8, 4) is 11.5 Å². The molecule has 38 heavy (non-hydrogen) atoms. The Hall–Kier alpha value is -4.54. The van der Waals surface area contributed by atoms with Crippen molar-refractivity contribution in [1.29, 1.82) is 0 Å². The van der Waals surface area contributed by atoms with E-state index in [0.29, 0.717) is 15.5 Å². The molecule has 4 aromatic rings. The van der Waals surface area contributed by atoms with Crippen LogP contribution in [0.15, 0.2) is 77.4 Å². The summed E-state index contributed by atoms with van der Waals surface area (Å²) in [4.78, 5) is 40.3. The Morgan fingerprint density at radius 1 is 1.13 bits per heavy atom. The number of fused-ring (bicyclic) bond motifs is 1. The molecule has 0 atom stereocenters. The number of rotatable bonds is 7. The van der Waals surface area contributed by atoms with E-state index >= 15 is 0 Å². The summed E-state index contributed by atoms with van der Waals surface area (Å²) in [6, 6.07) is 17.4. The first kappa shape index (κ1) is 25.1. The highest BCUT2D eigenvalue weighted by Gasteiger charge is 2.28. The summed E-state index contributed by atoms with van der Waals surface area (Å²) in [6.07, 6.45) is 1.53. The van der Waals surface area contributed by atoms with Gasteiger partial charge in [-0.05, 0) is 48.9 Å². The number of thiophene rings is 1. The summed E-state index contributed by atoms with van der Waals surface area (Å²) < 4.78 is 17.4. The molecule has 190 valence electrons. The number of nitrogens with zero attached hydrogens (tertiary/aromatic N) is 2. The van der Waals surface area contributed by atoms with Crippen molar-refractivity contribution in [3.05, 3.63) is 104 Å². The van der Waals surface area contributed by atoms with Crippen molar-refractivity contribution in [1.82, 2.24) is 0 Å². The number of cyclic esters (lactones) is 1. The van der Waals surface area contributed by atoms with E-state index in [1.54, 1.807) is 19.1 Å². The highest BCUT2D eigenvalue weighted by molar-refractivity contribution is 7.21. The van der Waals surface area contributed by atoms with E-state index in [4.69, 9.17) is 25.8 Å². The molecule has 1 aliphatic heterocycles. The Morgan fingerprint density at radius 3 is 2.61 bits per heavy atom. The smallest absolute Gasteiger partial charge is 0.363 e. The summed E-state index contributed by atoms with van der Waals surface area (Å²) >= 11 is 7.88. The van der Waals surface area contributed by atoms with Crippen molar-refractivity contribution in [2.24, 2.45) is 4.99 Å². The number of non-ortho nitro benzene ring substituents is 1. The molecule has 0 N–H and O–H groups in total. The highest BCUT2D eigenvalue weighted by atomic mass is 35.5. The van der Waals surface area contributed by atoms with Gasteiger partial charge in [-0.1, -0.05) is 35.9 Å². The summed E-state index contributed by atoms with van der Waals surface area (Å²) in [7, 11) is 0. The predicted octanol–water partition coefficient (Wildman–Crippen LogP) is 6.43. The number of hydrogen-bond acceptors (Lipinski definition) is 9. The van der Waals surface area contributed by atoms with E-state index in [1.807, 2.05) is 24.3 Å². The Balaban J connectivity index is 1.40. The zero-order valence-corrected chi connectivity index (χ0v) is 21.2. The third kappa shape index (κ3) is 4.99. The fourth-order valence-corrected chi connectivity index (χ4v) is 5.10. The Bertz CT molecular complexity index is 1660. The van der Waals surface area contributed by atoms with Gasteiger partial charge in [-0.2, -0.15) is 0 Å². The molecule has 0 spiro atoms. The number of esters is 2. The lowest BCUT2D eigenvalue weighted by molar-refractivity contribution is -0.384. The minimum Gasteiger partial charge on any atom is -0.490 e. The van der Waals surface area contributed by atoms with E-state index < -0.39 is 16.9 Å². The van der Waals surface area contributed by atoms with Crippen molar-refractivity contribution in [3.63, 3.8) is 0 Å². The number of hydrogen-bond donors (Lipinski definition) is 0. The molecule has 0 aliphatic carbocycles. The van der Waals surface area contributed by atoms with Crippen LogP contribution in [0, 0.1) is 10.1 Å². The number of nitro benzene ring substituents is 1. The van der Waals surface area contributed by atoms with Crippen molar-refractivity contribution in [2.75, 3.05) is 6.61 Å². The molecule has 5 rings (SSSR count). The van der Waals surface area contributed by atoms with Crippen LogP contribution in [-0.2, 0) is 9.53 Å². The second kappa shape index (κ2) is 10.4. The lowest BCUT2D eigenvalue weighted by atomic mass is 10.1. The maximum atomic E-state index is 12.6. The molecule has 0 bridgehead atoms. The van der Waals surface area contributed by atoms with Gasteiger partial charge in [0.25, 0.3) is 5.69 Å². The predicted molar refractivity (Wildman–Crippen MR) is 143 cm³/mol. The van der Waals surface area contributed by atoms with Crippen LogP contribution in [0.5, 0.6) is 11.5 Å². The quantitative estimate of drug-likeness (QED) is 0.0858. The Labute approximate surface area is 224 Å². The highest BCUT2D eigenvalue weighted by Crippen LogP contribution is 2.37. The summed E-state index contributed by atoms with van der Waals surface area (Å²) in [6.45, 7) is 2.06. The molecular weight excluding hydrogens is 532 g/mol. The summed E-state index contributed by atoms with van der Waals surface area (Å²) in [5.41, 5.74) is 0.633. The maximum Gasteiger partial charge on any atom is 0.363 e. The lowest BCUT2D eigenvalue weighted by Crippen LogP contribution is -2.10. The SMILES string of the molecule is CCOc1cc(/C=C2/N=C(c3sc4ccccc4c3Cl)OC2=O)ccc1OC(=O)c1ccc([N+](=O)[O-])cc1. The normalized spacial score (nSPS) is 13.9. The molecule has 0 saturated heterocycles. The molecule has 0 fully saturated rings. The first-order valence-corrected chi connectivity index (χ1v) is 12.5. The molecule has 2 heterocycles. The van der Waals surface area contributed by atoms with Gasteiger partial charge < -0.3 is 14.2 Å². The topological polar surface area (TPSA) is 117 Å². The lowest BCUT2D eigenvalue weighted by Gasteiger charge is -2.11. The van der Waals surface area contributed by atoms with Crippen LogP contribution in [0.2, 0.25) is 5.02 Å². The Morgan fingerprint density at radius 2 is 1.89 bits per heavy atom. The summed E-state index contributed by atoms with van der Waals surface area (Å²) in [5.74, 6) is -0.792. The van der Waals surface area contributed by atoms with E-state index in [-0.39, 0.29) is 41.0 Å². The largest absolute Gasteiger partial charge is 0.490 e. The number of nitro groups is 1. The van der Waals surface area contributed by atoms with Crippen molar-refractivity contribution < 1.29 is 28.7 Å². The van der Waals surface area contributed by atoms with E-state index in [1.165, 1.54) is 47.7 Å². The second-order valence-electron chi connectivity index (χ2n) is 7.91. The zero-order valence-electron chi connectivity index (χ0n) is 19.7. The second-order valence-corrected chi connectivity index (χ2v) is 9.34. The molecule has 9 nitrogen and oxygen atoms in total. The van der Waals surface area contributed by atoms with Gasteiger partial charge in [-0.15, -0.1) is 11.3 Å². The van der Waals surface area contributed by atoms with Gasteiger partial charge in [-0.3, -0.25) is 10.1 Å². The average Bonchev–Trinajstić information content (AvgIpc) is 3.44. The first-order chi connectivity index (χ1) is 18.3. The average molecular weight is 549 g/mol. The number of benzene rings is 3. The first-order valence-electron chi connectivity index (χ1n) is 11.3. The summed E-state index contributed by atoms with van der Waals surface area (Å²) in [5, 5.41) is 12.2. The molecule has 0 amide bonds. The van der Waals surface area contributed by atoms with Gasteiger partial charge in [0.05, 0.1) is 22.1 Å². The third-order valence-corrected chi connectivity index (χ3v) is 7.10. The van der Waals surface area contributed by atoms with E-state index in [9.17, 15) is 19.7 Å². The zero-order chi connectivity index (χ0) is 26.8. The van der Waals surface area contributed by atoms with Gasteiger partial charge in [-0.25, -0.2) is 14.6 Å². The van der Waals surface area contributed by atoms with Gasteiger partial charge in [0, 0.05) is 22.2 Å². The molecular formula is C27H17ClN2O7S. The number of halogens is 1. The van der Waals surface area contributed by atoms with Crippen LogP contribution in [0.25, 0.3) is 16.2 Å². The van der Waals surface area contributed by atoms with Gasteiger partial charge in [0.1, 0.15) is 4.88 Å². The van der Waals surface area contributed by atoms with Crippen LogP contribution in [-0.4, -0.2) is 29.4 Å². The number of carbonyl (C=O) groups is 2. The molecule has 1 aliphatic rings. The van der Waals surface area contributed by atoms with Gasteiger partial charge in [0.2, 0.25) is 5.90 Å². The van der Waals surface area contributed by atoms with Crippen LogP contribution in [0.3, 0.4) is 0 Å². The van der Waals surface area contributed by atoms with E-state index in [0.717, 1.165) is 10.1 Å². The van der Waals surface area contributed by atoms with Gasteiger partial charge in [0.15, 0.2) is 17.2 Å². The number of ether oxygens (including phenoxy) is 3. The third-order valence-electron chi connectivity index (χ3n) is 5.44. The monoisotopic (exact) mass is 548 g/mol. The number of carbonyl (C=O) groups excluding carboxylic acids is 2. The molecule has 11 heteroatoms. The van der Waals surface area contributed by atoms with Crippen molar-refractivity contribution in [2.45, 2.75) is 6.92 Å². The van der Waals surface area contributed by atoms with Crippen LogP contribution in [0.4, 0.5) is 5.69 Å². The molecule has 0 unspecified atom stereocenters. The van der Waals surface area contributed by atoms with Crippen LogP contribution < -0.4 is 9.47 Å².